The predicted octanol–water partition coefficient (Wildman–Crippen LogP) is 2.49. The number of amides is 2. The molecular formula is C26H30BrN3O4. The first-order chi connectivity index (χ1) is 16.5. The van der Waals surface area contributed by atoms with Crippen LogP contribution in [0.3, 0.4) is 0 Å². The first-order valence-corrected chi connectivity index (χ1v) is 12.1. The highest BCUT2D eigenvalue weighted by atomic mass is 79.9. The Balaban J connectivity index is 1.48. The van der Waals surface area contributed by atoms with Crippen LogP contribution in [0.5, 0.6) is 5.75 Å². The summed E-state index contributed by atoms with van der Waals surface area (Å²) in [6.45, 7) is 5.39. The lowest BCUT2D eigenvalue weighted by atomic mass is 10.0. The van der Waals surface area contributed by atoms with E-state index in [0.29, 0.717) is 19.6 Å². The van der Waals surface area contributed by atoms with E-state index < -0.39 is 6.04 Å². The maximum atomic E-state index is 12.4. The molecule has 2 aromatic carbocycles. The number of nitrogens with one attached hydrogen (secondary N) is 2. The molecule has 8 heteroatoms. The largest absolute Gasteiger partial charge is 0.491 e. The Morgan fingerprint density at radius 3 is 2.65 bits per heavy atom. The highest BCUT2D eigenvalue weighted by Gasteiger charge is 2.22. The number of ether oxygens (including phenoxy) is 2. The number of hydrogen-bond acceptors (Lipinski definition) is 5. The number of carbonyl (C=O) groups is 2. The van der Waals surface area contributed by atoms with Gasteiger partial charge in [-0.1, -0.05) is 48.4 Å². The summed E-state index contributed by atoms with van der Waals surface area (Å²) >= 11 is 2.99. The van der Waals surface area contributed by atoms with Crippen LogP contribution in [-0.4, -0.2) is 61.7 Å². The summed E-state index contributed by atoms with van der Waals surface area (Å²) in [5, 5.41) is 5.39. The molecule has 1 saturated heterocycles. The van der Waals surface area contributed by atoms with Crippen molar-refractivity contribution in [1.29, 1.82) is 0 Å². The van der Waals surface area contributed by atoms with Crippen molar-refractivity contribution in [3.8, 4) is 16.5 Å². The van der Waals surface area contributed by atoms with E-state index in [-0.39, 0.29) is 24.5 Å². The number of rotatable bonds is 10. The van der Waals surface area contributed by atoms with E-state index in [9.17, 15) is 9.59 Å². The second-order valence-corrected chi connectivity index (χ2v) is 8.51. The molecule has 1 heterocycles. The van der Waals surface area contributed by atoms with E-state index in [1.54, 1.807) is 0 Å². The first-order valence-electron chi connectivity index (χ1n) is 11.3. The zero-order chi connectivity index (χ0) is 24.2. The Bertz CT molecular complexity index is 989. The molecule has 1 aliphatic heterocycles. The molecule has 1 aliphatic rings. The van der Waals surface area contributed by atoms with Gasteiger partial charge in [-0.2, -0.15) is 0 Å². The Morgan fingerprint density at radius 1 is 1.18 bits per heavy atom. The van der Waals surface area contributed by atoms with E-state index >= 15 is 0 Å². The average molecular weight is 528 g/mol. The molecule has 180 valence electrons. The molecule has 2 amide bonds. The molecule has 0 bridgehead atoms. The second kappa shape index (κ2) is 13.8. The fourth-order valence-electron chi connectivity index (χ4n) is 3.76. The van der Waals surface area contributed by atoms with Crippen LogP contribution in [0.4, 0.5) is 0 Å². The van der Waals surface area contributed by atoms with Gasteiger partial charge in [-0.3, -0.25) is 14.5 Å². The van der Waals surface area contributed by atoms with Gasteiger partial charge < -0.3 is 20.1 Å². The van der Waals surface area contributed by atoms with Gasteiger partial charge in [0, 0.05) is 48.9 Å². The molecular weight excluding hydrogens is 498 g/mol. The summed E-state index contributed by atoms with van der Waals surface area (Å²) in [5.41, 5.74) is 2.21. The quantitative estimate of drug-likeness (QED) is 0.464. The van der Waals surface area contributed by atoms with Gasteiger partial charge in [-0.05, 0) is 28.1 Å². The molecule has 0 radical (unpaired) electrons. The highest BCUT2D eigenvalue weighted by Crippen LogP contribution is 2.16. The standard InChI is InChI=1S/C26H30BrN3O4/c1-20(31)29-25(26(32)28-13-5-12-27)16-21-8-10-23(11-9-21)34-19-24-18-30(14-15-33-24)17-22-6-3-2-4-7-22/h2-4,6-11,24-25H,13-19H2,1H3,(H,28,32)(H,29,31). The summed E-state index contributed by atoms with van der Waals surface area (Å²) in [4.78, 5) is 28.8. The van der Waals surface area contributed by atoms with Crippen LogP contribution >= 0.6 is 15.9 Å². The number of hydrogen-bond donors (Lipinski definition) is 2. The molecule has 1 fully saturated rings. The predicted molar refractivity (Wildman–Crippen MR) is 134 cm³/mol. The number of morpholine rings is 1. The molecule has 0 spiro atoms. The Labute approximate surface area is 209 Å². The van der Waals surface area contributed by atoms with E-state index in [2.05, 4.69) is 66.5 Å². The van der Waals surface area contributed by atoms with Crippen LogP contribution in [0.15, 0.2) is 54.6 Å². The van der Waals surface area contributed by atoms with Gasteiger partial charge in [0.05, 0.1) is 13.2 Å². The van der Waals surface area contributed by atoms with Crippen molar-refractivity contribution in [2.45, 2.75) is 32.0 Å². The van der Waals surface area contributed by atoms with Gasteiger partial charge in [0.15, 0.2) is 0 Å². The van der Waals surface area contributed by atoms with Crippen molar-refractivity contribution in [3.63, 3.8) is 0 Å². The van der Waals surface area contributed by atoms with Gasteiger partial charge >= 0.3 is 0 Å². The zero-order valence-electron chi connectivity index (χ0n) is 19.3. The van der Waals surface area contributed by atoms with Gasteiger partial charge in [0.1, 0.15) is 24.5 Å². The van der Waals surface area contributed by atoms with E-state index in [1.165, 1.54) is 12.5 Å². The topological polar surface area (TPSA) is 79.9 Å². The summed E-state index contributed by atoms with van der Waals surface area (Å²) in [7, 11) is 0. The monoisotopic (exact) mass is 527 g/mol. The average Bonchev–Trinajstić information content (AvgIpc) is 2.84. The lowest BCUT2D eigenvalue weighted by Gasteiger charge is -2.32. The molecule has 0 aromatic heterocycles. The van der Waals surface area contributed by atoms with E-state index in [0.717, 1.165) is 30.9 Å². The minimum absolute atomic E-state index is 0.00704. The van der Waals surface area contributed by atoms with Gasteiger partial charge in [-0.15, -0.1) is 0 Å². The zero-order valence-corrected chi connectivity index (χ0v) is 20.8. The van der Waals surface area contributed by atoms with Crippen molar-refractivity contribution in [2.24, 2.45) is 0 Å². The molecule has 0 saturated carbocycles. The third kappa shape index (κ3) is 8.82. The Morgan fingerprint density at radius 2 is 1.94 bits per heavy atom. The minimum Gasteiger partial charge on any atom is -0.491 e. The third-order valence-corrected chi connectivity index (χ3v) is 5.66. The smallest absolute Gasteiger partial charge is 0.243 e. The van der Waals surface area contributed by atoms with E-state index in [4.69, 9.17) is 9.47 Å². The van der Waals surface area contributed by atoms with Gasteiger partial charge in [0.2, 0.25) is 11.8 Å². The van der Waals surface area contributed by atoms with Crippen LogP contribution in [0, 0.1) is 10.8 Å². The van der Waals surface area contributed by atoms with Crippen LogP contribution in [0.1, 0.15) is 18.1 Å². The van der Waals surface area contributed by atoms with Crippen LogP contribution in [0.2, 0.25) is 0 Å². The van der Waals surface area contributed by atoms with Gasteiger partial charge in [-0.25, -0.2) is 0 Å². The van der Waals surface area contributed by atoms with Crippen LogP contribution in [0.25, 0.3) is 0 Å². The molecule has 2 N–H and O–H groups in total. The summed E-state index contributed by atoms with van der Waals surface area (Å²) in [5.74, 6) is 2.90. The van der Waals surface area contributed by atoms with Crippen LogP contribution < -0.4 is 15.4 Å². The molecule has 34 heavy (non-hydrogen) atoms. The van der Waals surface area contributed by atoms with Crippen molar-refractivity contribution < 1.29 is 19.1 Å². The molecule has 0 aliphatic carbocycles. The van der Waals surface area contributed by atoms with Gasteiger partial charge in [0.25, 0.3) is 0 Å². The molecule has 3 rings (SSSR count). The summed E-state index contributed by atoms with van der Waals surface area (Å²) in [6.07, 6.45) is 0.376. The maximum absolute atomic E-state index is 12.4. The highest BCUT2D eigenvalue weighted by molar-refractivity contribution is 9.12. The minimum atomic E-state index is -0.673. The Hall–Kier alpha value is -2.86. The Kier molecular flexibility index (Phi) is 10.4. The number of halogens is 1. The van der Waals surface area contributed by atoms with Crippen molar-refractivity contribution >= 4 is 27.7 Å². The maximum Gasteiger partial charge on any atom is 0.243 e. The van der Waals surface area contributed by atoms with Crippen LogP contribution in [-0.2, 0) is 27.3 Å². The lowest BCUT2D eigenvalue weighted by Crippen LogP contribution is -2.47. The second-order valence-electron chi connectivity index (χ2n) is 8.11. The molecule has 2 unspecified atom stereocenters. The summed E-state index contributed by atoms with van der Waals surface area (Å²) < 4.78 is 11.8. The van der Waals surface area contributed by atoms with Crippen molar-refractivity contribution in [3.05, 3.63) is 65.7 Å². The summed E-state index contributed by atoms with van der Waals surface area (Å²) in [6, 6.07) is 17.3. The molecule has 2 atom stereocenters. The number of benzene rings is 2. The van der Waals surface area contributed by atoms with Crippen molar-refractivity contribution in [2.75, 3.05) is 32.8 Å². The third-order valence-electron chi connectivity index (χ3n) is 5.38. The first kappa shape index (κ1) is 25.8. The van der Waals surface area contributed by atoms with Crippen molar-refractivity contribution in [1.82, 2.24) is 15.5 Å². The molecule has 7 nitrogen and oxygen atoms in total. The number of nitrogens with zero attached hydrogens (tertiary/aromatic N) is 1. The fourth-order valence-corrected chi connectivity index (χ4v) is 3.90. The lowest BCUT2D eigenvalue weighted by molar-refractivity contribution is -0.127. The molecule has 2 aromatic rings. The van der Waals surface area contributed by atoms with E-state index in [1.807, 2.05) is 30.3 Å². The number of carbonyl (C=O) groups excluding carboxylic acids is 2. The SMILES string of the molecule is CC(=O)NC(Cc1ccc(OCC2CN(Cc3ccccc3)CCO2)cc1)C(=O)NCC#CBr. The fraction of sp³-hybridized carbons (Fsp3) is 0.385. The normalized spacial score (nSPS) is 16.6.